The van der Waals surface area contributed by atoms with Gasteiger partial charge in [0.2, 0.25) is 0 Å². The third-order valence-electron chi connectivity index (χ3n) is 5.04. The van der Waals surface area contributed by atoms with Gasteiger partial charge in [-0.25, -0.2) is 4.79 Å². The van der Waals surface area contributed by atoms with Gasteiger partial charge in [0, 0.05) is 6.61 Å². The third kappa shape index (κ3) is 19.9. The molecule has 0 aliphatic carbocycles. The standard InChI is InChI=1S/C23H46O4/c1-3-5-6-7-8-9-10-11-12-13-14-15-16-17-18-19-20-21-27-23(22(24)25)26-4-2/h23H,3-21H2,1-2H3,(H,24,25). The van der Waals surface area contributed by atoms with Crippen molar-refractivity contribution in [2.24, 2.45) is 0 Å². The molecule has 0 bridgehead atoms. The summed E-state index contributed by atoms with van der Waals surface area (Å²) in [5.41, 5.74) is 0. The molecule has 0 fully saturated rings. The van der Waals surface area contributed by atoms with Crippen LogP contribution in [-0.4, -0.2) is 30.6 Å². The molecule has 0 radical (unpaired) electrons. The van der Waals surface area contributed by atoms with Crippen molar-refractivity contribution >= 4 is 5.97 Å². The first-order valence-corrected chi connectivity index (χ1v) is 11.7. The van der Waals surface area contributed by atoms with E-state index in [-0.39, 0.29) is 0 Å². The molecule has 1 atom stereocenters. The zero-order valence-electron chi connectivity index (χ0n) is 18.2. The molecule has 162 valence electrons. The molecule has 4 nitrogen and oxygen atoms in total. The van der Waals surface area contributed by atoms with Gasteiger partial charge in [0.15, 0.2) is 0 Å². The number of carboxylic acids is 1. The van der Waals surface area contributed by atoms with Gasteiger partial charge in [-0.1, -0.05) is 110 Å². The zero-order valence-corrected chi connectivity index (χ0v) is 18.2. The molecule has 1 N–H and O–H groups in total. The molecule has 4 heteroatoms. The number of ether oxygens (including phenoxy) is 2. The van der Waals surface area contributed by atoms with Gasteiger partial charge in [-0.2, -0.15) is 0 Å². The summed E-state index contributed by atoms with van der Waals surface area (Å²) in [4.78, 5) is 10.9. The fourth-order valence-corrected chi connectivity index (χ4v) is 3.36. The van der Waals surface area contributed by atoms with Crippen LogP contribution in [-0.2, 0) is 14.3 Å². The van der Waals surface area contributed by atoms with Crippen LogP contribution in [0, 0.1) is 0 Å². The molecule has 0 saturated carbocycles. The Kier molecular flexibility index (Phi) is 21.2. The van der Waals surface area contributed by atoms with Crippen LogP contribution < -0.4 is 0 Å². The molecular weight excluding hydrogens is 340 g/mol. The summed E-state index contributed by atoms with van der Waals surface area (Å²) in [7, 11) is 0. The van der Waals surface area contributed by atoms with E-state index in [0.717, 1.165) is 12.8 Å². The van der Waals surface area contributed by atoms with E-state index in [4.69, 9.17) is 14.6 Å². The summed E-state index contributed by atoms with van der Waals surface area (Å²) in [6.07, 6.45) is 21.7. The number of carboxylic acid groups (broad SMARTS) is 1. The Morgan fingerprint density at radius 3 is 1.33 bits per heavy atom. The van der Waals surface area contributed by atoms with Gasteiger partial charge in [0.05, 0.1) is 6.61 Å². The number of hydrogen-bond acceptors (Lipinski definition) is 3. The summed E-state index contributed by atoms with van der Waals surface area (Å²) in [5, 5.41) is 8.90. The lowest BCUT2D eigenvalue weighted by Crippen LogP contribution is -2.27. The van der Waals surface area contributed by atoms with Gasteiger partial charge in [0.1, 0.15) is 0 Å². The van der Waals surface area contributed by atoms with Crippen LogP contribution in [0.25, 0.3) is 0 Å². The van der Waals surface area contributed by atoms with Crippen LogP contribution in [0.2, 0.25) is 0 Å². The number of unbranched alkanes of at least 4 members (excludes halogenated alkanes) is 16. The molecule has 1 unspecified atom stereocenters. The minimum absolute atomic E-state index is 0.357. The number of hydrogen-bond donors (Lipinski definition) is 1. The monoisotopic (exact) mass is 386 g/mol. The van der Waals surface area contributed by atoms with Gasteiger partial charge in [-0.15, -0.1) is 0 Å². The van der Waals surface area contributed by atoms with Crippen molar-refractivity contribution in [1.29, 1.82) is 0 Å². The molecule has 0 spiro atoms. The minimum Gasteiger partial charge on any atom is -0.477 e. The van der Waals surface area contributed by atoms with Gasteiger partial charge in [-0.05, 0) is 13.3 Å². The quantitative estimate of drug-likeness (QED) is 0.159. The third-order valence-corrected chi connectivity index (χ3v) is 5.04. The fraction of sp³-hybridized carbons (Fsp3) is 0.957. The van der Waals surface area contributed by atoms with Gasteiger partial charge < -0.3 is 14.6 Å². The molecule has 0 aliphatic rings. The molecule has 0 saturated heterocycles. The van der Waals surface area contributed by atoms with Crippen molar-refractivity contribution in [2.75, 3.05) is 13.2 Å². The van der Waals surface area contributed by atoms with Gasteiger partial charge >= 0.3 is 5.97 Å². The van der Waals surface area contributed by atoms with E-state index in [2.05, 4.69) is 6.92 Å². The first kappa shape index (κ1) is 26.4. The topological polar surface area (TPSA) is 55.8 Å². The van der Waals surface area contributed by atoms with E-state index in [1.807, 2.05) is 0 Å². The highest BCUT2D eigenvalue weighted by molar-refractivity contribution is 5.70. The first-order chi connectivity index (χ1) is 13.2. The summed E-state index contributed by atoms with van der Waals surface area (Å²) in [6.45, 7) is 4.87. The molecule has 0 heterocycles. The van der Waals surface area contributed by atoms with Crippen LogP contribution in [0.1, 0.15) is 123 Å². The highest BCUT2D eigenvalue weighted by Gasteiger charge is 2.17. The summed E-state index contributed by atoms with van der Waals surface area (Å²) < 4.78 is 10.3. The smallest absolute Gasteiger partial charge is 0.361 e. The number of rotatable bonds is 22. The maximum absolute atomic E-state index is 10.9. The molecule has 0 aliphatic heterocycles. The first-order valence-electron chi connectivity index (χ1n) is 11.7. The summed E-state index contributed by atoms with van der Waals surface area (Å²) in [6, 6.07) is 0. The predicted octanol–water partition coefficient (Wildman–Crippen LogP) is 7.10. The number of carbonyl (C=O) groups is 1. The molecule has 0 amide bonds. The summed E-state index contributed by atoms with van der Waals surface area (Å²) in [5.74, 6) is -1.04. The zero-order chi connectivity index (χ0) is 20.0. The van der Waals surface area contributed by atoms with Crippen LogP contribution in [0.4, 0.5) is 0 Å². The molecule has 0 aromatic carbocycles. The van der Waals surface area contributed by atoms with Crippen molar-refractivity contribution in [1.82, 2.24) is 0 Å². The maximum atomic E-state index is 10.9. The van der Waals surface area contributed by atoms with Crippen molar-refractivity contribution in [3.05, 3.63) is 0 Å². The van der Waals surface area contributed by atoms with E-state index < -0.39 is 12.3 Å². The Hall–Kier alpha value is -0.610. The maximum Gasteiger partial charge on any atom is 0.361 e. The van der Waals surface area contributed by atoms with Gasteiger partial charge in [-0.3, -0.25) is 0 Å². The molecule has 0 rings (SSSR count). The normalized spacial score (nSPS) is 12.4. The van der Waals surface area contributed by atoms with E-state index in [1.54, 1.807) is 6.92 Å². The number of aliphatic carboxylic acids is 1. The van der Waals surface area contributed by atoms with Crippen molar-refractivity contribution < 1.29 is 19.4 Å². The Morgan fingerprint density at radius 1 is 0.630 bits per heavy atom. The minimum atomic E-state index is -1.10. The fourth-order valence-electron chi connectivity index (χ4n) is 3.36. The lowest BCUT2D eigenvalue weighted by Gasteiger charge is -2.12. The highest BCUT2D eigenvalue weighted by Crippen LogP contribution is 2.14. The SMILES string of the molecule is CCCCCCCCCCCCCCCCCCCOC(OCC)C(=O)O. The van der Waals surface area contributed by atoms with E-state index in [1.165, 1.54) is 96.3 Å². The molecule has 27 heavy (non-hydrogen) atoms. The Bertz CT molecular complexity index is 307. The predicted molar refractivity (Wildman–Crippen MR) is 113 cm³/mol. The van der Waals surface area contributed by atoms with E-state index in [0.29, 0.717) is 13.2 Å². The lowest BCUT2D eigenvalue weighted by molar-refractivity contribution is -0.188. The van der Waals surface area contributed by atoms with Crippen molar-refractivity contribution in [3.8, 4) is 0 Å². The average Bonchev–Trinajstić information content (AvgIpc) is 2.66. The van der Waals surface area contributed by atoms with Crippen LogP contribution in [0.5, 0.6) is 0 Å². The second kappa shape index (κ2) is 21.7. The van der Waals surface area contributed by atoms with Crippen molar-refractivity contribution in [3.63, 3.8) is 0 Å². The average molecular weight is 387 g/mol. The second-order valence-electron chi connectivity index (χ2n) is 7.65. The molecular formula is C23H46O4. The van der Waals surface area contributed by atoms with E-state index in [9.17, 15) is 4.79 Å². The van der Waals surface area contributed by atoms with Gasteiger partial charge in [0.25, 0.3) is 6.29 Å². The van der Waals surface area contributed by atoms with E-state index >= 15 is 0 Å². The Morgan fingerprint density at radius 2 is 1.00 bits per heavy atom. The molecule has 0 aromatic rings. The lowest BCUT2D eigenvalue weighted by atomic mass is 10.0. The Labute approximate surface area is 168 Å². The van der Waals surface area contributed by atoms with Crippen molar-refractivity contribution in [2.45, 2.75) is 129 Å². The highest BCUT2D eigenvalue weighted by atomic mass is 16.7. The van der Waals surface area contributed by atoms with Crippen LogP contribution in [0.3, 0.4) is 0 Å². The largest absolute Gasteiger partial charge is 0.477 e. The Balaban J connectivity index is 3.15. The molecule has 0 aromatic heterocycles. The van der Waals surface area contributed by atoms with Crippen LogP contribution in [0.15, 0.2) is 0 Å². The second-order valence-corrected chi connectivity index (χ2v) is 7.65. The summed E-state index contributed by atoms with van der Waals surface area (Å²) >= 11 is 0. The van der Waals surface area contributed by atoms with Crippen LogP contribution >= 0.6 is 0 Å².